The van der Waals surface area contributed by atoms with Gasteiger partial charge in [-0.25, -0.2) is 0 Å². The van der Waals surface area contributed by atoms with Gasteiger partial charge in [0.05, 0.1) is 58.4 Å². The Labute approximate surface area is 822 Å². The minimum Gasteiger partial charge on any atom is -0.469 e. The van der Waals surface area contributed by atoms with Gasteiger partial charge in [0, 0.05) is 36.6 Å². The summed E-state index contributed by atoms with van der Waals surface area (Å²) >= 11 is 0. The van der Waals surface area contributed by atoms with E-state index in [1.165, 1.54) is 260 Å². The molecular weight excluding hydrogens is 1660 g/mol. The molecule has 0 heterocycles. The highest BCUT2D eigenvalue weighted by atomic mass is 16.5. The molecule has 8 aromatic rings. The van der Waals surface area contributed by atoms with Gasteiger partial charge >= 0.3 is 17.9 Å². The summed E-state index contributed by atoms with van der Waals surface area (Å²) in [7, 11) is 3.07. The van der Waals surface area contributed by atoms with Crippen molar-refractivity contribution in [3.8, 4) is 0 Å². The fraction of sp³-hybridized carbons (Fsp3) is 0.595. The van der Waals surface area contributed by atoms with Gasteiger partial charge in [-0.05, 0) is 150 Å². The van der Waals surface area contributed by atoms with E-state index in [1.807, 2.05) is 30.3 Å². The van der Waals surface area contributed by atoms with Crippen molar-refractivity contribution in [1.82, 2.24) is 0 Å². The Morgan fingerprint density at radius 1 is 0.289 bits per heavy atom. The molecule has 0 N–H and O–H groups in total. The Bertz CT molecular complexity index is 4290. The topological polar surface area (TPSA) is 107 Å². The SMILES string of the molecule is CCCCCCCCCCCCCOCc1cccc(C(CC(CC(CC(CC(C)(CC(C(=O)OCCCCCCCCCCCCC)c2ccccc2)C(=O)OC)(c2ccccc2)c2cccc(COCCCCCCCCCCCCC)c2)c2ccccc2)c2ccccc2)(CC(C)(CC(=O)OC)CC(COCCCCCCCCCCCCC)c2ccccc2)c2ccccc2)c1. The number of esters is 3. The number of hydrogen-bond acceptors (Lipinski definition) is 9. The lowest BCUT2D eigenvalue weighted by atomic mass is 9.56. The van der Waals surface area contributed by atoms with Crippen LogP contribution < -0.4 is 0 Å². The minimum absolute atomic E-state index is 0.0428. The van der Waals surface area contributed by atoms with E-state index in [1.54, 1.807) is 7.11 Å². The third-order valence-electron chi connectivity index (χ3n) is 29.5. The van der Waals surface area contributed by atoms with Gasteiger partial charge in [0.2, 0.25) is 0 Å². The van der Waals surface area contributed by atoms with Gasteiger partial charge < -0.3 is 28.4 Å². The molecule has 0 aliphatic carbocycles. The quantitative estimate of drug-likeness (QED) is 0.0209. The summed E-state index contributed by atoms with van der Waals surface area (Å²) in [5.41, 5.74) is 7.41. The van der Waals surface area contributed by atoms with Crippen LogP contribution in [0.1, 0.15) is 455 Å². The summed E-state index contributed by atoms with van der Waals surface area (Å²) in [6.45, 7) is 17.4. The smallest absolute Gasteiger partial charge is 0.313 e. The van der Waals surface area contributed by atoms with Crippen LogP contribution in [0.5, 0.6) is 0 Å². The average molecular weight is 1840 g/mol. The molecule has 8 rings (SSSR count). The zero-order valence-electron chi connectivity index (χ0n) is 86.1. The first kappa shape index (κ1) is 112. The highest BCUT2D eigenvalue weighted by Crippen LogP contribution is 2.57. The summed E-state index contributed by atoms with van der Waals surface area (Å²) in [5.74, 6) is -2.09. The van der Waals surface area contributed by atoms with Gasteiger partial charge in [0.1, 0.15) is 0 Å². The molecule has 742 valence electrons. The van der Waals surface area contributed by atoms with Crippen LogP contribution in [-0.2, 0) is 66.8 Å². The number of carbonyl (C=O) groups is 3. The molecule has 0 aromatic heterocycles. The number of ether oxygens (including phenoxy) is 6. The maximum absolute atomic E-state index is 16.1. The fourth-order valence-corrected chi connectivity index (χ4v) is 21.9. The van der Waals surface area contributed by atoms with Gasteiger partial charge in [-0.3, -0.25) is 14.4 Å². The standard InChI is InChI=1S/C126H184O9/c1-9-13-17-21-25-29-33-37-41-45-67-89-132-101-106-73-71-87-117(93-106)125(115-83-63-53-64-84-115,104-123(5,100-120(127)130-7)96-114(110-79-59-51-60-80-110)103-134-91-69-47-43-39-35-31-27-23-19-15-11-3)97-112(108-75-55-49-56-76-108)95-113(109-77-57-50-58-78-109)98-126(116-85-65-54-66-86-116,118-88-72-74-107(94-118)102-133-90-68-46-42-38-34-30-26-22-18-14-10-2)105-124(6,122(129)131-8)99-119(111-81-61-52-62-82-111)121(128)135-92-70-48-44-40-36-32-28-24-20-16-12-4/h49-66,71-88,93-94,112-114,119H,9-48,67-70,89-92,95-105H2,1-8H3. The van der Waals surface area contributed by atoms with Gasteiger partial charge in [-0.15, -0.1) is 0 Å². The van der Waals surface area contributed by atoms with Crippen molar-refractivity contribution in [1.29, 1.82) is 0 Å². The first-order valence-corrected chi connectivity index (χ1v) is 54.8. The number of unbranched alkanes of at least 4 members (excludes halogenated alkanes) is 40. The molecule has 0 bridgehead atoms. The van der Waals surface area contributed by atoms with E-state index >= 15 is 9.59 Å². The van der Waals surface area contributed by atoms with E-state index in [0.717, 1.165) is 85.6 Å². The molecule has 8 atom stereocenters. The molecule has 0 saturated heterocycles. The number of methoxy groups -OCH3 is 2. The maximum Gasteiger partial charge on any atom is 0.313 e. The van der Waals surface area contributed by atoms with Crippen LogP contribution in [0.25, 0.3) is 0 Å². The second kappa shape index (κ2) is 68.2. The Balaban J connectivity index is 1.26. The molecular formula is C126H184O9. The predicted molar refractivity (Wildman–Crippen MR) is 568 cm³/mol. The molecule has 135 heavy (non-hydrogen) atoms. The molecule has 9 heteroatoms. The highest BCUT2D eigenvalue weighted by Gasteiger charge is 2.51. The predicted octanol–water partition coefficient (Wildman–Crippen LogP) is 35.4. The van der Waals surface area contributed by atoms with Crippen molar-refractivity contribution in [2.45, 2.75) is 423 Å². The van der Waals surface area contributed by atoms with Crippen LogP contribution in [0.3, 0.4) is 0 Å². The normalized spacial score (nSPS) is 14.3. The second-order valence-electron chi connectivity index (χ2n) is 41.1. The number of rotatable bonds is 80. The van der Waals surface area contributed by atoms with Crippen LogP contribution in [0.2, 0.25) is 0 Å². The second-order valence-corrected chi connectivity index (χ2v) is 41.1. The minimum atomic E-state index is -1.30. The molecule has 0 aliphatic rings. The number of benzene rings is 8. The molecule has 0 fully saturated rings. The summed E-state index contributed by atoms with van der Waals surface area (Å²) in [4.78, 5) is 46.5. The zero-order valence-corrected chi connectivity index (χ0v) is 86.1. The van der Waals surface area contributed by atoms with Gasteiger partial charge in [-0.1, -0.05) is 522 Å². The van der Waals surface area contributed by atoms with Gasteiger partial charge in [0.25, 0.3) is 0 Å². The summed E-state index contributed by atoms with van der Waals surface area (Å²) in [6.07, 6.45) is 58.8. The van der Waals surface area contributed by atoms with Crippen LogP contribution in [0.4, 0.5) is 0 Å². The number of hydrogen-bond donors (Lipinski definition) is 0. The molecule has 0 saturated carbocycles. The highest BCUT2D eigenvalue weighted by molar-refractivity contribution is 5.82. The molecule has 8 unspecified atom stereocenters. The van der Waals surface area contributed by atoms with E-state index in [4.69, 9.17) is 28.4 Å². The molecule has 0 aliphatic heterocycles. The van der Waals surface area contributed by atoms with E-state index in [-0.39, 0.29) is 54.9 Å². The Hall–Kier alpha value is -7.95. The summed E-state index contributed by atoms with van der Waals surface area (Å²) in [5, 5.41) is 0. The van der Waals surface area contributed by atoms with Crippen LogP contribution in [-0.4, -0.2) is 65.2 Å². The Kier molecular flexibility index (Phi) is 56.7. The fourth-order valence-electron chi connectivity index (χ4n) is 21.9. The van der Waals surface area contributed by atoms with E-state index in [0.29, 0.717) is 78.4 Å². The number of carbonyl (C=O) groups excluding carboxylic acids is 3. The van der Waals surface area contributed by atoms with Gasteiger partial charge in [0.15, 0.2) is 0 Å². The van der Waals surface area contributed by atoms with Crippen molar-refractivity contribution in [2.24, 2.45) is 10.8 Å². The third-order valence-corrected chi connectivity index (χ3v) is 29.5. The summed E-state index contributed by atoms with van der Waals surface area (Å²) < 4.78 is 39.2. The Morgan fingerprint density at radius 3 is 0.941 bits per heavy atom. The van der Waals surface area contributed by atoms with Crippen LogP contribution in [0, 0.1) is 10.8 Å². The van der Waals surface area contributed by atoms with Crippen molar-refractivity contribution >= 4 is 17.9 Å². The van der Waals surface area contributed by atoms with E-state index in [2.05, 4.69) is 242 Å². The van der Waals surface area contributed by atoms with Crippen LogP contribution in [0.15, 0.2) is 231 Å². The Morgan fingerprint density at radius 2 is 0.593 bits per heavy atom. The first-order chi connectivity index (χ1) is 66.2. The van der Waals surface area contributed by atoms with Crippen molar-refractivity contribution in [3.05, 3.63) is 286 Å². The van der Waals surface area contributed by atoms with Crippen molar-refractivity contribution in [3.63, 3.8) is 0 Å². The lowest BCUT2D eigenvalue weighted by Crippen LogP contribution is -2.43. The van der Waals surface area contributed by atoms with Crippen molar-refractivity contribution < 1.29 is 42.8 Å². The lowest BCUT2D eigenvalue weighted by Gasteiger charge is -2.47. The largest absolute Gasteiger partial charge is 0.469 e. The van der Waals surface area contributed by atoms with E-state index < -0.39 is 27.6 Å². The van der Waals surface area contributed by atoms with E-state index in [9.17, 15) is 4.79 Å². The zero-order chi connectivity index (χ0) is 95.6. The third kappa shape index (κ3) is 42.3. The van der Waals surface area contributed by atoms with Crippen molar-refractivity contribution in [2.75, 3.05) is 47.3 Å². The molecule has 0 spiro atoms. The molecule has 9 nitrogen and oxygen atoms in total. The molecule has 0 radical (unpaired) electrons. The summed E-state index contributed by atoms with van der Waals surface area (Å²) in [6, 6.07) is 84.2. The first-order valence-electron chi connectivity index (χ1n) is 54.8. The van der Waals surface area contributed by atoms with Crippen LogP contribution >= 0.6 is 0 Å². The molecule has 0 amide bonds. The average Bonchev–Trinajstić information content (AvgIpc) is 0.745. The monoisotopic (exact) mass is 1840 g/mol. The lowest BCUT2D eigenvalue weighted by molar-refractivity contribution is -0.156. The van der Waals surface area contributed by atoms with Gasteiger partial charge in [-0.2, -0.15) is 0 Å². The maximum atomic E-state index is 16.1. The molecule has 8 aromatic carbocycles.